The van der Waals surface area contributed by atoms with Crippen molar-refractivity contribution in [3.05, 3.63) is 47.6 Å². The molecule has 2 nitrogen and oxygen atoms in total. The fourth-order valence-electron chi connectivity index (χ4n) is 1.91. The minimum absolute atomic E-state index is 0.323. The summed E-state index contributed by atoms with van der Waals surface area (Å²) in [6, 6.07) is 3.73. The van der Waals surface area contributed by atoms with E-state index < -0.39 is 0 Å². The van der Waals surface area contributed by atoms with E-state index in [1.807, 2.05) is 19.1 Å². The normalized spacial score (nSPS) is 11.4. The van der Waals surface area contributed by atoms with Crippen LogP contribution in [0.4, 0.5) is 0 Å². The van der Waals surface area contributed by atoms with Gasteiger partial charge in [0.1, 0.15) is 11.5 Å². The van der Waals surface area contributed by atoms with E-state index in [1.54, 1.807) is 13.2 Å². The zero-order chi connectivity index (χ0) is 13.5. The molecule has 0 saturated heterocycles. The van der Waals surface area contributed by atoms with Gasteiger partial charge in [-0.1, -0.05) is 17.7 Å². The van der Waals surface area contributed by atoms with Crippen LogP contribution >= 0.6 is 0 Å². The molecule has 1 aromatic rings. The molecule has 1 N–H and O–H groups in total. The Morgan fingerprint density at radius 2 is 2.17 bits per heavy atom. The lowest BCUT2D eigenvalue weighted by Crippen LogP contribution is -1.95. The molecular weight excluding hydrogens is 224 g/mol. The summed E-state index contributed by atoms with van der Waals surface area (Å²) in [5.74, 6) is 1.09. The van der Waals surface area contributed by atoms with Crippen molar-refractivity contribution in [1.82, 2.24) is 0 Å². The van der Waals surface area contributed by atoms with Crippen molar-refractivity contribution in [1.29, 1.82) is 0 Å². The zero-order valence-electron chi connectivity index (χ0n) is 11.5. The Labute approximate surface area is 110 Å². The van der Waals surface area contributed by atoms with E-state index in [4.69, 9.17) is 4.74 Å². The molecule has 0 aromatic heterocycles. The van der Waals surface area contributed by atoms with Crippen molar-refractivity contribution < 1.29 is 9.84 Å². The highest BCUT2D eigenvalue weighted by Gasteiger charge is 2.09. The van der Waals surface area contributed by atoms with Gasteiger partial charge in [-0.15, -0.1) is 6.58 Å². The average Bonchev–Trinajstić information content (AvgIpc) is 2.34. The SMILES string of the molecule is C=CC/C=C(\C)CCc1c(O)cc(C)cc1OC. The van der Waals surface area contributed by atoms with Crippen molar-refractivity contribution in [2.45, 2.75) is 33.1 Å². The minimum atomic E-state index is 0.323. The molecule has 0 spiro atoms. The van der Waals surface area contributed by atoms with Gasteiger partial charge in [0.2, 0.25) is 0 Å². The van der Waals surface area contributed by atoms with E-state index in [1.165, 1.54) is 5.57 Å². The highest BCUT2D eigenvalue weighted by Crippen LogP contribution is 2.31. The summed E-state index contributed by atoms with van der Waals surface area (Å²) in [5.41, 5.74) is 3.19. The number of benzene rings is 1. The van der Waals surface area contributed by atoms with E-state index in [2.05, 4.69) is 19.6 Å². The van der Waals surface area contributed by atoms with Crippen molar-refractivity contribution in [3.63, 3.8) is 0 Å². The van der Waals surface area contributed by atoms with Gasteiger partial charge in [-0.2, -0.15) is 0 Å². The topological polar surface area (TPSA) is 29.5 Å². The van der Waals surface area contributed by atoms with Crippen LogP contribution in [-0.4, -0.2) is 12.2 Å². The number of methoxy groups -OCH3 is 1. The molecule has 98 valence electrons. The Balaban J connectivity index is 2.81. The van der Waals surface area contributed by atoms with Crippen molar-refractivity contribution in [2.75, 3.05) is 7.11 Å². The molecule has 0 heterocycles. The molecule has 1 rings (SSSR count). The molecule has 0 amide bonds. The maximum atomic E-state index is 9.98. The fourth-order valence-corrected chi connectivity index (χ4v) is 1.91. The smallest absolute Gasteiger partial charge is 0.126 e. The number of ether oxygens (including phenoxy) is 1. The van der Waals surface area contributed by atoms with Crippen molar-refractivity contribution >= 4 is 0 Å². The summed E-state index contributed by atoms with van der Waals surface area (Å²) in [6.07, 6.45) is 6.64. The molecule has 0 fully saturated rings. The number of hydrogen-bond donors (Lipinski definition) is 1. The number of allylic oxidation sites excluding steroid dienone is 3. The highest BCUT2D eigenvalue weighted by atomic mass is 16.5. The zero-order valence-corrected chi connectivity index (χ0v) is 11.5. The van der Waals surface area contributed by atoms with Gasteiger partial charge in [0.05, 0.1) is 7.11 Å². The summed E-state index contributed by atoms with van der Waals surface area (Å²) >= 11 is 0. The van der Waals surface area contributed by atoms with Crippen LogP contribution < -0.4 is 4.74 Å². The highest BCUT2D eigenvalue weighted by molar-refractivity contribution is 5.47. The molecule has 0 atom stereocenters. The van der Waals surface area contributed by atoms with Crippen LogP contribution in [0.25, 0.3) is 0 Å². The van der Waals surface area contributed by atoms with Gasteiger partial charge in [-0.3, -0.25) is 0 Å². The maximum absolute atomic E-state index is 9.98. The molecule has 0 saturated carbocycles. The number of phenolic OH excluding ortho intramolecular Hbond substituents is 1. The second-order valence-corrected chi connectivity index (χ2v) is 4.54. The Bertz CT molecular complexity index is 445. The number of rotatable bonds is 6. The van der Waals surface area contributed by atoms with Gasteiger partial charge in [-0.05, 0) is 50.8 Å². The lowest BCUT2D eigenvalue weighted by Gasteiger charge is -2.12. The molecule has 0 radical (unpaired) electrons. The Morgan fingerprint density at radius 3 is 2.78 bits per heavy atom. The van der Waals surface area contributed by atoms with Crippen LogP contribution in [0.2, 0.25) is 0 Å². The first-order valence-corrected chi connectivity index (χ1v) is 6.21. The van der Waals surface area contributed by atoms with Crippen LogP contribution in [0.5, 0.6) is 11.5 Å². The third-order valence-electron chi connectivity index (χ3n) is 2.95. The van der Waals surface area contributed by atoms with E-state index in [-0.39, 0.29) is 0 Å². The maximum Gasteiger partial charge on any atom is 0.126 e. The Hall–Kier alpha value is -1.70. The predicted octanol–water partition coefficient (Wildman–Crippen LogP) is 4.16. The molecular formula is C16H22O2. The second-order valence-electron chi connectivity index (χ2n) is 4.54. The van der Waals surface area contributed by atoms with Crippen LogP contribution in [0.1, 0.15) is 30.9 Å². The lowest BCUT2D eigenvalue weighted by molar-refractivity contribution is 0.399. The largest absolute Gasteiger partial charge is 0.508 e. The molecule has 0 unspecified atom stereocenters. The Morgan fingerprint density at radius 1 is 1.44 bits per heavy atom. The van der Waals surface area contributed by atoms with Gasteiger partial charge in [0, 0.05) is 5.56 Å². The lowest BCUT2D eigenvalue weighted by atomic mass is 10.0. The third-order valence-corrected chi connectivity index (χ3v) is 2.95. The summed E-state index contributed by atoms with van der Waals surface area (Å²) in [5, 5.41) is 9.98. The van der Waals surface area contributed by atoms with E-state index in [0.717, 1.165) is 36.1 Å². The van der Waals surface area contributed by atoms with E-state index >= 15 is 0 Å². The van der Waals surface area contributed by atoms with Crippen LogP contribution in [0, 0.1) is 6.92 Å². The second kappa shape index (κ2) is 6.90. The quantitative estimate of drug-likeness (QED) is 0.763. The third kappa shape index (κ3) is 3.95. The number of hydrogen-bond acceptors (Lipinski definition) is 2. The van der Waals surface area contributed by atoms with Gasteiger partial charge in [0.15, 0.2) is 0 Å². The van der Waals surface area contributed by atoms with Crippen molar-refractivity contribution in [3.8, 4) is 11.5 Å². The van der Waals surface area contributed by atoms with Crippen LogP contribution in [0.3, 0.4) is 0 Å². The minimum Gasteiger partial charge on any atom is -0.508 e. The van der Waals surface area contributed by atoms with Gasteiger partial charge in [-0.25, -0.2) is 0 Å². The number of aryl methyl sites for hydroxylation is 1. The summed E-state index contributed by atoms with van der Waals surface area (Å²) in [6.45, 7) is 7.74. The van der Waals surface area contributed by atoms with Gasteiger partial charge in [0.25, 0.3) is 0 Å². The van der Waals surface area contributed by atoms with Crippen molar-refractivity contribution in [2.24, 2.45) is 0 Å². The molecule has 0 aliphatic heterocycles. The first-order chi connectivity index (χ1) is 8.58. The van der Waals surface area contributed by atoms with Crippen LogP contribution in [0.15, 0.2) is 36.4 Å². The molecule has 0 bridgehead atoms. The van der Waals surface area contributed by atoms with E-state index in [0.29, 0.717) is 5.75 Å². The summed E-state index contributed by atoms with van der Waals surface area (Å²) < 4.78 is 5.32. The molecule has 18 heavy (non-hydrogen) atoms. The van der Waals surface area contributed by atoms with Gasteiger partial charge >= 0.3 is 0 Å². The molecule has 1 aromatic carbocycles. The van der Waals surface area contributed by atoms with E-state index in [9.17, 15) is 5.11 Å². The average molecular weight is 246 g/mol. The monoisotopic (exact) mass is 246 g/mol. The summed E-state index contributed by atoms with van der Waals surface area (Å²) in [7, 11) is 1.64. The molecule has 2 heteroatoms. The number of phenols is 1. The first-order valence-electron chi connectivity index (χ1n) is 6.21. The molecule has 0 aliphatic rings. The summed E-state index contributed by atoms with van der Waals surface area (Å²) in [4.78, 5) is 0. The van der Waals surface area contributed by atoms with Crippen LogP contribution in [-0.2, 0) is 6.42 Å². The first kappa shape index (κ1) is 14.4. The predicted molar refractivity (Wildman–Crippen MR) is 76.3 cm³/mol. The molecule has 0 aliphatic carbocycles. The van der Waals surface area contributed by atoms with Gasteiger partial charge < -0.3 is 9.84 Å². The standard InChI is InChI=1S/C16H22O2/c1-5-6-7-12(2)8-9-14-15(17)10-13(3)11-16(14)18-4/h5,7,10-11,17H,1,6,8-9H2,2-4H3/b12-7+. The Kier molecular flexibility index (Phi) is 5.50. The fraction of sp³-hybridized carbons (Fsp3) is 0.375. The number of aromatic hydroxyl groups is 1.